The van der Waals surface area contributed by atoms with Crippen LogP contribution in [0.4, 0.5) is 11.4 Å². The maximum absolute atomic E-state index is 12.8. The summed E-state index contributed by atoms with van der Waals surface area (Å²) in [6, 6.07) is 31.0. The SMILES string of the molecule is CCN(CC)Cc1ccc(C(=C\c2cc[n+](C)c3ccccc23)/C=C2\Sc3ccccc3N2CCc2cn(CCCC(=O)NCC[N+](C)(C)CCNC(=O)COc3ccc(N(CCCl)CCCl)cc3)nn2)o1. The van der Waals surface area contributed by atoms with E-state index >= 15 is 0 Å². The Bertz CT molecular complexity index is 2770. The third-order valence-electron chi connectivity index (χ3n) is 12.8. The molecule has 0 bridgehead atoms. The minimum absolute atomic E-state index is 0.00155. The van der Waals surface area contributed by atoms with Crippen LogP contribution in [0.3, 0.4) is 0 Å². The van der Waals surface area contributed by atoms with Crippen molar-refractivity contribution < 1.29 is 27.8 Å². The van der Waals surface area contributed by atoms with E-state index in [0.717, 1.165) is 76.5 Å². The van der Waals surface area contributed by atoms with E-state index < -0.39 is 0 Å². The smallest absolute Gasteiger partial charge is 0.258 e. The van der Waals surface area contributed by atoms with Crippen LogP contribution in [0.5, 0.6) is 5.75 Å². The van der Waals surface area contributed by atoms with E-state index in [1.54, 1.807) is 11.8 Å². The number of nitrogens with zero attached hydrogens (tertiary/aromatic N) is 8. The number of para-hydroxylation sites is 2. The summed E-state index contributed by atoms with van der Waals surface area (Å²) >= 11 is 13.6. The average molecular weight is 1040 g/mol. The maximum atomic E-state index is 12.8. The number of quaternary nitrogens is 1. The number of furan rings is 1. The van der Waals surface area contributed by atoms with Crippen LogP contribution in [0.1, 0.15) is 49.5 Å². The Morgan fingerprint density at radius 2 is 1.61 bits per heavy atom. The lowest BCUT2D eigenvalue weighted by Crippen LogP contribution is -2.49. The Balaban J connectivity index is 0.882. The monoisotopic (exact) mass is 1040 g/mol. The summed E-state index contributed by atoms with van der Waals surface area (Å²) in [6.07, 6.45) is 10.3. The second kappa shape index (κ2) is 26.7. The van der Waals surface area contributed by atoms with Gasteiger partial charge in [0.25, 0.3) is 5.91 Å². The number of hydrogen-bond acceptors (Lipinski definition) is 10. The van der Waals surface area contributed by atoms with Crippen molar-refractivity contribution in [1.29, 1.82) is 0 Å². The first-order chi connectivity index (χ1) is 34.9. The Morgan fingerprint density at radius 1 is 0.889 bits per heavy atom. The van der Waals surface area contributed by atoms with Crippen molar-refractivity contribution in [2.24, 2.45) is 7.05 Å². The van der Waals surface area contributed by atoms with Gasteiger partial charge < -0.3 is 34.1 Å². The van der Waals surface area contributed by atoms with Gasteiger partial charge >= 0.3 is 0 Å². The predicted molar refractivity (Wildman–Crippen MR) is 292 cm³/mol. The molecule has 72 heavy (non-hydrogen) atoms. The number of allylic oxidation sites excluding steroid dienone is 2. The van der Waals surface area contributed by atoms with Gasteiger partial charge in [-0.25, -0.2) is 4.57 Å². The normalized spacial score (nSPS) is 13.3. The van der Waals surface area contributed by atoms with Gasteiger partial charge in [0, 0.05) is 85.3 Å². The Hall–Kier alpha value is -5.84. The number of aryl methyl sites for hydroxylation is 2. The van der Waals surface area contributed by atoms with Gasteiger partial charge in [-0.2, -0.15) is 0 Å². The summed E-state index contributed by atoms with van der Waals surface area (Å²) in [5.41, 5.74) is 6.32. The molecule has 1 aliphatic heterocycles. The van der Waals surface area contributed by atoms with Gasteiger partial charge in [0.15, 0.2) is 12.8 Å². The van der Waals surface area contributed by atoms with Gasteiger partial charge in [0.1, 0.15) is 24.3 Å². The van der Waals surface area contributed by atoms with Crippen LogP contribution in [-0.4, -0.2) is 128 Å². The van der Waals surface area contributed by atoms with Crippen LogP contribution >= 0.6 is 35.0 Å². The fourth-order valence-electron chi connectivity index (χ4n) is 8.59. The predicted octanol–water partition coefficient (Wildman–Crippen LogP) is 8.38. The molecule has 1 aliphatic rings. The quantitative estimate of drug-likeness (QED) is 0.0282. The van der Waals surface area contributed by atoms with Crippen molar-refractivity contribution >= 4 is 80.7 Å². The number of carbonyl (C=O) groups excluding carboxylic acids is 2. The highest BCUT2D eigenvalue weighted by Gasteiger charge is 2.26. The number of carbonyl (C=O) groups is 2. The number of nitrogens with one attached hydrogen (secondary N) is 2. The summed E-state index contributed by atoms with van der Waals surface area (Å²) in [5, 5.41) is 17.3. The van der Waals surface area contributed by atoms with E-state index in [4.69, 9.17) is 32.4 Å². The molecule has 7 rings (SSSR count). The van der Waals surface area contributed by atoms with Crippen LogP contribution in [0.2, 0.25) is 0 Å². The molecule has 0 aliphatic carbocycles. The second-order valence-corrected chi connectivity index (χ2v) is 20.3. The average Bonchev–Trinajstić information content (AvgIpc) is 4.14. The highest BCUT2D eigenvalue weighted by atomic mass is 35.5. The van der Waals surface area contributed by atoms with E-state index in [-0.39, 0.29) is 18.4 Å². The summed E-state index contributed by atoms with van der Waals surface area (Å²) in [7, 11) is 6.25. The number of thioether (sulfide) groups is 1. The van der Waals surface area contributed by atoms with E-state index in [2.05, 4.69) is 160 Å². The molecular weight excluding hydrogens is 968 g/mol. The van der Waals surface area contributed by atoms with Crippen molar-refractivity contribution in [3.8, 4) is 5.75 Å². The molecule has 0 fully saturated rings. The number of fused-ring (bicyclic) bond motifs is 2. The number of ether oxygens (including phenoxy) is 1. The Labute approximate surface area is 439 Å². The summed E-state index contributed by atoms with van der Waals surface area (Å²) < 4.78 is 16.9. The first-order valence-electron chi connectivity index (χ1n) is 25.0. The van der Waals surface area contributed by atoms with Crippen molar-refractivity contribution in [2.75, 3.05) is 101 Å². The van der Waals surface area contributed by atoms with Gasteiger partial charge in [-0.3, -0.25) is 19.2 Å². The standard InChI is InChI=1S/C55H68Cl2N10O4S/c1-6-63(7-2)40-47-22-23-51(71-47)43(37-42-24-31-62(3)49-14-9-8-13-48(42)49)38-55-66(50-15-10-11-16-52(50)72-55)32-25-44-39-65(61-60-44)30-12-17-53(68)58-28-35-67(4,5)36-29-59-54(69)41-70-46-20-18-45(19-21-46)64(33-26-56)34-27-57/h8-11,13-16,18-24,31,37-39H,6-7,12,17,25-30,32-36,40-41H2,1-5H3/p+2. The van der Waals surface area contributed by atoms with Crippen molar-refractivity contribution in [3.05, 3.63) is 137 Å². The second-order valence-electron chi connectivity index (χ2n) is 18.5. The topological polar surface area (TPSA) is 125 Å². The summed E-state index contributed by atoms with van der Waals surface area (Å²) in [4.78, 5) is 33.4. The van der Waals surface area contributed by atoms with Crippen molar-refractivity contribution in [2.45, 2.75) is 51.1 Å². The number of aromatic nitrogens is 4. The van der Waals surface area contributed by atoms with Gasteiger partial charge in [-0.05, 0) is 91.8 Å². The molecule has 0 spiro atoms. The van der Waals surface area contributed by atoms with E-state index in [1.165, 1.54) is 10.3 Å². The summed E-state index contributed by atoms with van der Waals surface area (Å²) in [5.74, 6) is 3.21. The van der Waals surface area contributed by atoms with Gasteiger partial charge in [-0.1, -0.05) is 55.1 Å². The zero-order valence-corrected chi connectivity index (χ0v) is 44.7. The maximum Gasteiger partial charge on any atom is 0.258 e. The highest BCUT2D eigenvalue weighted by Crippen LogP contribution is 2.47. The van der Waals surface area contributed by atoms with E-state index in [9.17, 15) is 9.59 Å². The molecule has 3 aromatic carbocycles. The Morgan fingerprint density at radius 3 is 2.36 bits per heavy atom. The number of hydrogen-bond donors (Lipinski definition) is 2. The summed E-state index contributed by atoms with van der Waals surface area (Å²) in [6.45, 7) is 12.1. The number of halogens is 2. The fraction of sp³-hybridized carbons (Fsp3) is 0.400. The fourth-order valence-corrected chi connectivity index (χ4v) is 10.1. The zero-order chi connectivity index (χ0) is 50.9. The van der Waals surface area contributed by atoms with Crippen LogP contribution in [-0.2, 0) is 36.1 Å². The molecule has 0 unspecified atom stereocenters. The third kappa shape index (κ3) is 15.3. The number of likely N-dealkylation sites (N-methyl/N-ethyl adjacent to an activating group) is 1. The third-order valence-corrected chi connectivity index (χ3v) is 14.3. The van der Waals surface area contributed by atoms with E-state index in [0.29, 0.717) is 87.1 Å². The van der Waals surface area contributed by atoms with Gasteiger partial charge in [0.05, 0.1) is 68.6 Å². The molecule has 0 saturated heterocycles. The molecule has 17 heteroatoms. The van der Waals surface area contributed by atoms with Gasteiger partial charge in [-0.15, -0.1) is 28.3 Å². The Kier molecular flexibility index (Phi) is 20.0. The molecule has 0 saturated carbocycles. The first-order valence-corrected chi connectivity index (χ1v) is 26.8. The molecule has 6 aromatic rings. The lowest BCUT2D eigenvalue weighted by Gasteiger charge is -2.30. The molecule has 2 N–H and O–H groups in total. The zero-order valence-electron chi connectivity index (χ0n) is 42.4. The molecule has 3 aromatic heterocycles. The molecule has 4 heterocycles. The minimum atomic E-state index is -0.188. The highest BCUT2D eigenvalue weighted by molar-refractivity contribution is 8.03. The van der Waals surface area contributed by atoms with Crippen LogP contribution in [0, 0.1) is 0 Å². The number of benzene rings is 3. The lowest BCUT2D eigenvalue weighted by molar-refractivity contribution is -0.887. The molecular formula is C55H70Cl2N10O4S+2. The molecule has 2 amide bonds. The van der Waals surface area contributed by atoms with Crippen LogP contribution < -0.4 is 29.7 Å². The van der Waals surface area contributed by atoms with E-state index in [1.807, 2.05) is 35.1 Å². The molecule has 0 radical (unpaired) electrons. The van der Waals surface area contributed by atoms with Gasteiger partial charge in [0.2, 0.25) is 11.4 Å². The molecule has 0 atom stereocenters. The van der Waals surface area contributed by atoms with Crippen molar-refractivity contribution in [3.63, 3.8) is 0 Å². The largest absolute Gasteiger partial charge is 0.484 e. The molecule has 14 nitrogen and oxygen atoms in total. The number of amides is 2. The lowest BCUT2D eigenvalue weighted by atomic mass is 10.0. The number of anilines is 2. The van der Waals surface area contributed by atoms with Crippen molar-refractivity contribution in [1.82, 2.24) is 30.5 Å². The van der Waals surface area contributed by atoms with Crippen LogP contribution in [0.15, 0.2) is 124 Å². The number of rotatable bonds is 28. The number of pyridine rings is 1. The molecule has 382 valence electrons. The number of alkyl halides is 2. The van der Waals surface area contributed by atoms with Crippen LogP contribution in [0.25, 0.3) is 22.6 Å². The minimum Gasteiger partial charge on any atom is -0.484 e. The first kappa shape index (κ1) is 53.9.